The molecule has 0 saturated carbocycles. The Labute approximate surface area is 241 Å². The molecule has 1 N–H and O–H groups in total. The first-order valence-corrected chi connectivity index (χ1v) is 13.5. The van der Waals surface area contributed by atoms with Crippen LogP contribution in [0.1, 0.15) is 61.2 Å². The van der Waals surface area contributed by atoms with Crippen molar-refractivity contribution in [1.29, 1.82) is 0 Å². The number of rotatable bonds is 12. The number of amides is 4. The standard InChI is InChI=1S/C31H28N4O7/c1-2-41-31(40)26(12-7-17-34-27(36)22-8-3-4-9-23(22)28(34)37)33-32-20-13-15-21(16-14-20)42-19-18-35-29(38)24-10-5-6-11-25(24)30(35)39/h3-6,8-11,13-16,32H,2,7,12,17-19H2,1H3/b33-26-. The summed E-state index contributed by atoms with van der Waals surface area (Å²) < 4.78 is 10.8. The molecule has 0 saturated heterocycles. The van der Waals surface area contributed by atoms with E-state index in [1.54, 1.807) is 79.7 Å². The third-order valence-electron chi connectivity index (χ3n) is 6.82. The van der Waals surface area contributed by atoms with Gasteiger partial charge in [0.05, 0.1) is 41.1 Å². The van der Waals surface area contributed by atoms with Crippen molar-refractivity contribution in [2.75, 3.05) is 31.7 Å². The number of nitrogens with zero attached hydrogens (tertiary/aromatic N) is 3. The van der Waals surface area contributed by atoms with Crippen LogP contribution in [0.4, 0.5) is 5.69 Å². The largest absolute Gasteiger partial charge is 0.492 e. The van der Waals surface area contributed by atoms with E-state index in [1.165, 1.54) is 9.80 Å². The van der Waals surface area contributed by atoms with Crippen LogP contribution in [-0.4, -0.2) is 71.4 Å². The number of hydrogen-bond acceptors (Lipinski definition) is 9. The number of anilines is 1. The molecule has 2 aliphatic rings. The molecule has 5 rings (SSSR count). The molecule has 0 bridgehead atoms. The fourth-order valence-electron chi connectivity index (χ4n) is 4.72. The van der Waals surface area contributed by atoms with Gasteiger partial charge in [0.2, 0.25) is 0 Å². The summed E-state index contributed by atoms with van der Waals surface area (Å²) in [5.74, 6) is -1.45. The van der Waals surface area contributed by atoms with Crippen molar-refractivity contribution < 1.29 is 33.4 Å². The molecule has 11 nitrogen and oxygen atoms in total. The van der Waals surface area contributed by atoms with Gasteiger partial charge in [0.15, 0.2) is 0 Å². The van der Waals surface area contributed by atoms with Gasteiger partial charge in [0.1, 0.15) is 18.1 Å². The molecule has 0 atom stereocenters. The van der Waals surface area contributed by atoms with Crippen LogP contribution in [0.25, 0.3) is 0 Å². The van der Waals surface area contributed by atoms with Crippen LogP contribution in [0.2, 0.25) is 0 Å². The lowest BCUT2D eigenvalue weighted by molar-refractivity contribution is -0.135. The summed E-state index contributed by atoms with van der Waals surface area (Å²) in [6.07, 6.45) is 0.503. The van der Waals surface area contributed by atoms with E-state index in [0.717, 1.165) is 0 Å². The highest BCUT2D eigenvalue weighted by Crippen LogP contribution is 2.24. The lowest BCUT2D eigenvalue weighted by Gasteiger charge is -2.15. The van der Waals surface area contributed by atoms with Gasteiger partial charge in [-0.1, -0.05) is 24.3 Å². The second-order valence-corrected chi connectivity index (χ2v) is 9.48. The van der Waals surface area contributed by atoms with Crippen molar-refractivity contribution >= 4 is 41.0 Å². The number of hydrazone groups is 1. The minimum Gasteiger partial charge on any atom is -0.492 e. The van der Waals surface area contributed by atoms with Crippen molar-refractivity contribution in [2.24, 2.45) is 5.10 Å². The van der Waals surface area contributed by atoms with Gasteiger partial charge in [-0.25, -0.2) is 4.79 Å². The van der Waals surface area contributed by atoms with Crippen molar-refractivity contribution in [3.05, 3.63) is 95.1 Å². The second-order valence-electron chi connectivity index (χ2n) is 9.48. The van der Waals surface area contributed by atoms with E-state index in [0.29, 0.717) is 40.1 Å². The predicted molar refractivity (Wildman–Crippen MR) is 152 cm³/mol. The average Bonchev–Trinajstić information content (AvgIpc) is 3.40. The molecule has 3 aromatic rings. The summed E-state index contributed by atoms with van der Waals surface area (Å²) in [5, 5.41) is 4.22. The van der Waals surface area contributed by atoms with Gasteiger partial charge in [-0.15, -0.1) is 0 Å². The topological polar surface area (TPSA) is 135 Å². The predicted octanol–water partition coefficient (Wildman–Crippen LogP) is 3.77. The van der Waals surface area contributed by atoms with Crippen LogP contribution in [-0.2, 0) is 9.53 Å². The Hall–Kier alpha value is -5.32. The molecule has 2 aliphatic heterocycles. The number of benzene rings is 3. The number of imide groups is 2. The molecule has 3 aromatic carbocycles. The van der Waals surface area contributed by atoms with Gasteiger partial charge >= 0.3 is 5.97 Å². The lowest BCUT2D eigenvalue weighted by atomic mass is 10.1. The van der Waals surface area contributed by atoms with E-state index in [-0.39, 0.29) is 62.1 Å². The highest BCUT2D eigenvalue weighted by molar-refractivity contribution is 6.36. The van der Waals surface area contributed by atoms with E-state index < -0.39 is 5.97 Å². The maximum atomic E-state index is 12.6. The molecule has 0 aliphatic carbocycles. The van der Waals surface area contributed by atoms with Crippen molar-refractivity contribution in [1.82, 2.24) is 9.80 Å². The fraction of sp³-hybridized carbons (Fsp3) is 0.226. The number of carbonyl (C=O) groups is 5. The Morgan fingerprint density at radius 2 is 1.24 bits per heavy atom. The normalized spacial score (nSPS) is 14.3. The van der Waals surface area contributed by atoms with Crippen LogP contribution < -0.4 is 10.2 Å². The first kappa shape index (κ1) is 28.2. The molecular weight excluding hydrogens is 540 g/mol. The highest BCUT2D eigenvalue weighted by Gasteiger charge is 2.35. The molecule has 11 heteroatoms. The minimum atomic E-state index is -0.597. The zero-order valence-electron chi connectivity index (χ0n) is 22.9. The maximum absolute atomic E-state index is 12.6. The Morgan fingerprint density at radius 1 is 0.738 bits per heavy atom. The van der Waals surface area contributed by atoms with Crippen molar-refractivity contribution in [3.63, 3.8) is 0 Å². The summed E-state index contributed by atoms with van der Waals surface area (Å²) in [6, 6.07) is 20.1. The van der Waals surface area contributed by atoms with Crippen molar-refractivity contribution in [3.8, 4) is 5.75 Å². The molecule has 0 aromatic heterocycles. The van der Waals surface area contributed by atoms with E-state index >= 15 is 0 Å². The van der Waals surface area contributed by atoms with E-state index in [9.17, 15) is 24.0 Å². The summed E-state index contributed by atoms with van der Waals surface area (Å²) in [7, 11) is 0. The molecule has 42 heavy (non-hydrogen) atoms. The van der Waals surface area contributed by atoms with E-state index in [2.05, 4.69) is 10.5 Å². The van der Waals surface area contributed by atoms with E-state index in [1.807, 2.05) is 0 Å². The van der Waals surface area contributed by atoms with Crippen LogP contribution in [0, 0.1) is 0 Å². The van der Waals surface area contributed by atoms with Gasteiger partial charge in [0, 0.05) is 13.0 Å². The Kier molecular flexibility index (Phi) is 8.37. The molecular formula is C31H28N4O7. The molecule has 0 radical (unpaired) electrons. The molecule has 4 amide bonds. The maximum Gasteiger partial charge on any atom is 0.354 e. The average molecular weight is 569 g/mol. The zero-order chi connectivity index (χ0) is 29.6. The quantitative estimate of drug-likeness (QED) is 0.151. The first-order valence-electron chi connectivity index (χ1n) is 13.5. The van der Waals surface area contributed by atoms with Crippen molar-refractivity contribution in [2.45, 2.75) is 19.8 Å². The summed E-state index contributed by atoms with van der Waals surface area (Å²) in [6.45, 7) is 2.23. The Bertz CT molecular complexity index is 1510. The summed E-state index contributed by atoms with van der Waals surface area (Å²) >= 11 is 0. The minimum absolute atomic E-state index is 0.111. The second kappa shape index (κ2) is 12.5. The number of carbonyl (C=O) groups excluding carboxylic acids is 5. The number of esters is 1. The number of ether oxygens (including phenoxy) is 2. The van der Waals surface area contributed by atoms with Crippen LogP contribution >= 0.6 is 0 Å². The van der Waals surface area contributed by atoms with Gasteiger partial charge in [0.25, 0.3) is 23.6 Å². The molecule has 0 fully saturated rings. The molecule has 214 valence electrons. The van der Waals surface area contributed by atoms with E-state index in [4.69, 9.17) is 9.47 Å². The molecule has 2 heterocycles. The fourth-order valence-corrected chi connectivity index (χ4v) is 4.72. The third kappa shape index (κ3) is 5.75. The lowest BCUT2D eigenvalue weighted by Crippen LogP contribution is -2.33. The first-order chi connectivity index (χ1) is 20.4. The molecule has 0 spiro atoms. The molecule has 0 unspecified atom stereocenters. The zero-order valence-corrected chi connectivity index (χ0v) is 22.9. The SMILES string of the molecule is CCOC(=O)/C(CCCN1C(=O)c2ccccc2C1=O)=N\Nc1ccc(OCCN2C(=O)c3ccccc3C2=O)cc1. The monoisotopic (exact) mass is 568 g/mol. The highest BCUT2D eigenvalue weighted by atomic mass is 16.5. The number of fused-ring (bicyclic) bond motifs is 2. The Balaban J connectivity index is 1.13. The summed E-state index contributed by atoms with van der Waals surface area (Å²) in [4.78, 5) is 65.0. The number of hydrogen-bond donors (Lipinski definition) is 1. The van der Waals surface area contributed by atoms with Gasteiger partial charge in [-0.3, -0.25) is 34.4 Å². The van der Waals surface area contributed by atoms with Crippen LogP contribution in [0.5, 0.6) is 5.75 Å². The third-order valence-corrected chi connectivity index (χ3v) is 6.82. The Morgan fingerprint density at radius 3 is 1.74 bits per heavy atom. The van der Waals surface area contributed by atoms with Gasteiger partial charge < -0.3 is 9.47 Å². The van der Waals surface area contributed by atoms with Crippen LogP contribution in [0.15, 0.2) is 77.9 Å². The van der Waals surface area contributed by atoms with Gasteiger partial charge in [-0.2, -0.15) is 5.10 Å². The summed E-state index contributed by atoms with van der Waals surface area (Å²) in [5.41, 5.74) is 5.06. The van der Waals surface area contributed by atoms with Gasteiger partial charge in [-0.05, 0) is 61.9 Å². The van der Waals surface area contributed by atoms with Crippen LogP contribution in [0.3, 0.4) is 0 Å². The smallest absolute Gasteiger partial charge is 0.354 e. The number of nitrogens with one attached hydrogen (secondary N) is 1.